The number of carbonyl (C=O) groups is 1. The Morgan fingerprint density at radius 3 is 2.72 bits per heavy atom. The lowest BCUT2D eigenvalue weighted by Crippen LogP contribution is -2.47. The van der Waals surface area contributed by atoms with E-state index in [9.17, 15) is 4.79 Å². The highest BCUT2D eigenvalue weighted by Gasteiger charge is 2.27. The molecule has 0 bridgehead atoms. The molecule has 0 saturated carbocycles. The largest absolute Gasteiger partial charge is 0.484 e. The van der Waals surface area contributed by atoms with Crippen molar-refractivity contribution in [3.8, 4) is 5.75 Å². The fraction of sp³-hybridized carbons (Fsp3) is 0.650. The lowest BCUT2D eigenvalue weighted by Gasteiger charge is -2.36. The van der Waals surface area contributed by atoms with Crippen LogP contribution in [0, 0.1) is 6.92 Å². The van der Waals surface area contributed by atoms with Gasteiger partial charge in [0.2, 0.25) is 0 Å². The number of aryl methyl sites for hydroxylation is 1. The number of carbonyl (C=O) groups excluding carboxylic acids is 1. The molecule has 25 heavy (non-hydrogen) atoms. The number of benzene rings is 1. The number of nitrogens with zero attached hydrogens (tertiary/aromatic N) is 2. The summed E-state index contributed by atoms with van der Waals surface area (Å²) in [6.07, 6.45) is 7.19. The van der Waals surface area contributed by atoms with Gasteiger partial charge in [0, 0.05) is 24.2 Å². The molecule has 2 heterocycles. The van der Waals surface area contributed by atoms with Crippen LogP contribution in [0.5, 0.6) is 5.75 Å². The van der Waals surface area contributed by atoms with Gasteiger partial charge in [-0.3, -0.25) is 4.79 Å². The zero-order chi connectivity index (χ0) is 17.6. The number of hydrogen-bond acceptors (Lipinski definition) is 3. The summed E-state index contributed by atoms with van der Waals surface area (Å²) in [5, 5.41) is 0.719. The van der Waals surface area contributed by atoms with Crippen molar-refractivity contribution in [2.75, 3.05) is 32.8 Å². The monoisotopic (exact) mass is 364 g/mol. The molecule has 0 aliphatic carbocycles. The maximum absolute atomic E-state index is 12.7. The maximum atomic E-state index is 12.7. The quantitative estimate of drug-likeness (QED) is 0.767. The average molecular weight is 365 g/mol. The normalized spacial score (nSPS) is 21.5. The predicted molar refractivity (Wildman–Crippen MR) is 101 cm³/mol. The first kappa shape index (κ1) is 18.5. The lowest BCUT2D eigenvalue weighted by atomic mass is 9.99. The van der Waals surface area contributed by atoms with E-state index in [2.05, 4.69) is 9.80 Å². The standard InChI is InChI=1S/C20H29ClN2O2/c1-16-14-18(7-8-19(16)21)25-15-20(24)23-12-3-2-6-17(23)9-13-22-10-4-5-11-22/h7-8,14,17H,2-6,9-13,15H2,1H3/t17-/m0/s1. The molecule has 1 aromatic carbocycles. The first-order chi connectivity index (χ1) is 12.1. The van der Waals surface area contributed by atoms with Crippen molar-refractivity contribution in [1.82, 2.24) is 9.80 Å². The van der Waals surface area contributed by atoms with Crippen molar-refractivity contribution in [2.24, 2.45) is 0 Å². The number of likely N-dealkylation sites (tertiary alicyclic amines) is 2. The molecule has 0 N–H and O–H groups in total. The molecule has 2 aliphatic rings. The fourth-order valence-electron chi connectivity index (χ4n) is 3.90. The smallest absolute Gasteiger partial charge is 0.260 e. The summed E-state index contributed by atoms with van der Waals surface area (Å²) >= 11 is 6.04. The second-order valence-electron chi connectivity index (χ2n) is 7.27. The Morgan fingerprint density at radius 1 is 1.20 bits per heavy atom. The molecule has 3 rings (SSSR count). The minimum Gasteiger partial charge on any atom is -0.484 e. The second kappa shape index (κ2) is 8.91. The highest BCUT2D eigenvalue weighted by Crippen LogP contribution is 2.23. The molecule has 1 atom stereocenters. The molecule has 5 heteroatoms. The van der Waals surface area contributed by atoms with Crippen molar-refractivity contribution < 1.29 is 9.53 Å². The van der Waals surface area contributed by atoms with Crippen LogP contribution in [-0.2, 0) is 4.79 Å². The van der Waals surface area contributed by atoms with Gasteiger partial charge in [-0.2, -0.15) is 0 Å². The van der Waals surface area contributed by atoms with Gasteiger partial charge in [-0.1, -0.05) is 11.6 Å². The summed E-state index contributed by atoms with van der Waals surface area (Å²) in [5.41, 5.74) is 0.966. The zero-order valence-electron chi connectivity index (χ0n) is 15.2. The molecule has 138 valence electrons. The Hall–Kier alpha value is -1.26. The molecule has 0 radical (unpaired) electrons. The molecular formula is C20H29ClN2O2. The van der Waals surface area contributed by atoms with E-state index in [0.29, 0.717) is 11.8 Å². The summed E-state index contributed by atoms with van der Waals surface area (Å²) in [7, 11) is 0. The van der Waals surface area contributed by atoms with Crippen LogP contribution in [0.3, 0.4) is 0 Å². The Labute approximate surface area is 156 Å². The van der Waals surface area contributed by atoms with E-state index in [1.807, 2.05) is 25.1 Å². The highest BCUT2D eigenvalue weighted by molar-refractivity contribution is 6.31. The van der Waals surface area contributed by atoms with E-state index < -0.39 is 0 Å². The first-order valence-corrected chi connectivity index (χ1v) is 9.92. The molecule has 2 aliphatic heterocycles. The molecule has 0 unspecified atom stereocenters. The van der Waals surface area contributed by atoms with Gasteiger partial charge >= 0.3 is 0 Å². The number of amides is 1. The summed E-state index contributed by atoms with van der Waals surface area (Å²) in [6, 6.07) is 5.90. The van der Waals surface area contributed by atoms with Gasteiger partial charge in [0.15, 0.2) is 6.61 Å². The second-order valence-corrected chi connectivity index (χ2v) is 7.68. The third-order valence-electron chi connectivity index (χ3n) is 5.42. The zero-order valence-corrected chi connectivity index (χ0v) is 15.9. The van der Waals surface area contributed by atoms with Crippen molar-refractivity contribution in [3.63, 3.8) is 0 Å². The first-order valence-electron chi connectivity index (χ1n) is 9.54. The molecular weight excluding hydrogens is 336 g/mol. The van der Waals surface area contributed by atoms with Gasteiger partial charge < -0.3 is 14.5 Å². The Bertz CT molecular complexity index is 587. The van der Waals surface area contributed by atoms with Crippen molar-refractivity contribution >= 4 is 17.5 Å². The average Bonchev–Trinajstić information content (AvgIpc) is 3.14. The van der Waals surface area contributed by atoms with Crippen molar-refractivity contribution in [3.05, 3.63) is 28.8 Å². The van der Waals surface area contributed by atoms with Gasteiger partial charge in [0.1, 0.15) is 5.75 Å². The fourth-order valence-corrected chi connectivity index (χ4v) is 4.02. The SMILES string of the molecule is Cc1cc(OCC(=O)N2CCCC[C@H]2CCN2CCCC2)ccc1Cl. The third-order valence-corrected chi connectivity index (χ3v) is 5.84. The molecule has 4 nitrogen and oxygen atoms in total. The number of rotatable bonds is 6. The van der Waals surface area contributed by atoms with Crippen molar-refractivity contribution in [1.29, 1.82) is 0 Å². The van der Waals surface area contributed by atoms with Gasteiger partial charge in [-0.15, -0.1) is 0 Å². The van der Waals surface area contributed by atoms with Crippen LogP contribution >= 0.6 is 11.6 Å². The van der Waals surface area contributed by atoms with E-state index in [4.69, 9.17) is 16.3 Å². The van der Waals surface area contributed by atoms with Crippen LogP contribution in [0.4, 0.5) is 0 Å². The topological polar surface area (TPSA) is 32.8 Å². The van der Waals surface area contributed by atoms with Gasteiger partial charge in [-0.05, 0) is 82.3 Å². The third kappa shape index (κ3) is 5.11. The van der Waals surface area contributed by atoms with E-state index >= 15 is 0 Å². The number of halogens is 1. The number of piperidine rings is 1. The molecule has 1 amide bonds. The molecule has 2 fully saturated rings. The minimum absolute atomic E-state index is 0.110. The number of hydrogen-bond donors (Lipinski definition) is 0. The molecule has 2 saturated heterocycles. The van der Waals surface area contributed by atoms with E-state index in [1.54, 1.807) is 0 Å². The Balaban J connectivity index is 1.51. The Morgan fingerprint density at radius 2 is 1.96 bits per heavy atom. The number of ether oxygens (including phenoxy) is 1. The van der Waals surface area contributed by atoms with Crippen LogP contribution in [0.2, 0.25) is 5.02 Å². The molecule has 0 aromatic heterocycles. The highest BCUT2D eigenvalue weighted by atomic mass is 35.5. The van der Waals surface area contributed by atoms with Crippen molar-refractivity contribution in [2.45, 2.75) is 51.5 Å². The minimum atomic E-state index is 0.110. The summed E-state index contributed by atoms with van der Waals surface area (Å²) in [4.78, 5) is 17.3. The summed E-state index contributed by atoms with van der Waals surface area (Å²) in [6.45, 7) is 6.48. The van der Waals surface area contributed by atoms with E-state index in [1.165, 1.54) is 32.4 Å². The molecule has 0 spiro atoms. The summed E-state index contributed by atoms with van der Waals surface area (Å²) in [5.74, 6) is 0.819. The van der Waals surface area contributed by atoms with Gasteiger partial charge in [0.25, 0.3) is 5.91 Å². The van der Waals surface area contributed by atoms with Crippen LogP contribution in [-0.4, -0.2) is 54.5 Å². The van der Waals surface area contributed by atoms with Gasteiger partial charge in [-0.25, -0.2) is 0 Å². The van der Waals surface area contributed by atoms with Gasteiger partial charge in [0.05, 0.1) is 0 Å². The van der Waals surface area contributed by atoms with E-state index in [0.717, 1.165) is 42.9 Å². The van der Waals surface area contributed by atoms with Crippen LogP contribution in [0.1, 0.15) is 44.1 Å². The van der Waals surface area contributed by atoms with Crippen LogP contribution in [0.25, 0.3) is 0 Å². The molecule has 1 aromatic rings. The Kier molecular flexibility index (Phi) is 6.60. The summed E-state index contributed by atoms with van der Waals surface area (Å²) < 4.78 is 5.72. The predicted octanol–water partition coefficient (Wildman–Crippen LogP) is 3.89. The van der Waals surface area contributed by atoms with E-state index in [-0.39, 0.29) is 12.5 Å². The maximum Gasteiger partial charge on any atom is 0.260 e. The van der Waals surface area contributed by atoms with Crippen LogP contribution in [0.15, 0.2) is 18.2 Å². The lowest BCUT2D eigenvalue weighted by molar-refractivity contribution is -0.137. The van der Waals surface area contributed by atoms with Crippen LogP contribution < -0.4 is 4.74 Å².